The van der Waals surface area contributed by atoms with Gasteiger partial charge in [0.2, 0.25) is 0 Å². The fourth-order valence-electron chi connectivity index (χ4n) is 4.41. The van der Waals surface area contributed by atoms with Crippen LogP contribution in [0.5, 0.6) is 5.75 Å². The molecule has 2 aliphatic heterocycles. The first-order valence-corrected chi connectivity index (χ1v) is 11.4. The summed E-state index contributed by atoms with van der Waals surface area (Å²) in [5.41, 5.74) is 1.36. The van der Waals surface area contributed by atoms with Crippen LogP contribution >= 0.6 is 0 Å². The van der Waals surface area contributed by atoms with Crippen LogP contribution in [0.4, 0.5) is 4.79 Å². The lowest BCUT2D eigenvalue weighted by molar-refractivity contribution is 0.0187. The highest BCUT2D eigenvalue weighted by molar-refractivity contribution is 5.92. The third-order valence-electron chi connectivity index (χ3n) is 6.03. The maximum atomic E-state index is 12.9. The Balaban J connectivity index is 1.30. The summed E-state index contributed by atoms with van der Waals surface area (Å²) in [4.78, 5) is 27.0. The number of ether oxygens (including phenoxy) is 2. The largest absolute Gasteiger partial charge is 0.493 e. The molecule has 172 valence electrons. The van der Waals surface area contributed by atoms with Gasteiger partial charge in [-0.2, -0.15) is 0 Å². The maximum Gasteiger partial charge on any atom is 0.410 e. The van der Waals surface area contributed by atoms with Crippen LogP contribution in [0.1, 0.15) is 55.7 Å². The quantitative estimate of drug-likeness (QED) is 0.780. The van der Waals surface area contributed by atoms with Gasteiger partial charge in [-0.05, 0) is 63.8 Å². The molecule has 1 fully saturated rings. The minimum absolute atomic E-state index is 0.0663. The van der Waals surface area contributed by atoms with Gasteiger partial charge in [-0.1, -0.05) is 18.2 Å². The van der Waals surface area contributed by atoms with E-state index in [1.54, 1.807) is 4.90 Å². The molecular weight excluding hydrogens is 406 g/mol. The van der Waals surface area contributed by atoms with Crippen LogP contribution in [0.2, 0.25) is 0 Å². The van der Waals surface area contributed by atoms with Crippen LogP contribution in [0.15, 0.2) is 42.6 Å². The number of hydrogen-bond donors (Lipinski definition) is 1. The highest BCUT2D eigenvalue weighted by Gasteiger charge is 2.29. The van der Waals surface area contributed by atoms with E-state index in [-0.39, 0.29) is 24.0 Å². The van der Waals surface area contributed by atoms with Crippen molar-refractivity contribution in [2.24, 2.45) is 5.92 Å². The van der Waals surface area contributed by atoms with Gasteiger partial charge in [-0.15, -0.1) is 0 Å². The summed E-state index contributed by atoms with van der Waals surface area (Å²) in [5, 5.41) is 3.09. The van der Waals surface area contributed by atoms with Crippen molar-refractivity contribution in [1.82, 2.24) is 14.8 Å². The highest BCUT2D eigenvalue weighted by Crippen LogP contribution is 2.27. The number of para-hydroxylation sites is 1. The predicted octanol–water partition coefficient (Wildman–Crippen LogP) is 4.04. The third kappa shape index (κ3) is 5.26. The topological polar surface area (TPSA) is 72.8 Å². The Kier molecular flexibility index (Phi) is 6.44. The van der Waals surface area contributed by atoms with Crippen molar-refractivity contribution in [3.63, 3.8) is 0 Å². The number of hydrogen-bond acceptors (Lipinski definition) is 4. The second kappa shape index (κ2) is 9.27. The summed E-state index contributed by atoms with van der Waals surface area (Å²) in [6.45, 7) is 8.06. The third-order valence-corrected chi connectivity index (χ3v) is 6.03. The SMILES string of the molecule is CC(C)(C)OC(=O)N1CCC(n2cccc2C(=O)NCC2COc3ccccc3C2)CC1. The average molecular weight is 440 g/mol. The zero-order valence-corrected chi connectivity index (χ0v) is 19.2. The van der Waals surface area contributed by atoms with E-state index in [9.17, 15) is 9.59 Å². The number of fused-ring (bicyclic) bond motifs is 1. The molecule has 1 N–H and O–H groups in total. The molecule has 1 saturated heterocycles. The molecule has 7 heteroatoms. The first-order chi connectivity index (χ1) is 15.3. The Morgan fingerprint density at radius 3 is 2.62 bits per heavy atom. The van der Waals surface area contributed by atoms with E-state index in [1.165, 1.54) is 5.56 Å². The van der Waals surface area contributed by atoms with Crippen molar-refractivity contribution in [2.75, 3.05) is 26.2 Å². The summed E-state index contributed by atoms with van der Waals surface area (Å²) >= 11 is 0. The summed E-state index contributed by atoms with van der Waals surface area (Å²) in [7, 11) is 0. The summed E-state index contributed by atoms with van der Waals surface area (Å²) in [6.07, 6.45) is 4.18. The van der Waals surface area contributed by atoms with Gasteiger partial charge in [0.15, 0.2) is 0 Å². The van der Waals surface area contributed by atoms with Gasteiger partial charge in [0.25, 0.3) is 5.91 Å². The van der Waals surface area contributed by atoms with E-state index in [0.717, 1.165) is 25.0 Å². The number of carbonyl (C=O) groups is 2. The second-order valence-electron chi connectivity index (χ2n) is 9.70. The standard InChI is InChI=1S/C25H33N3O4/c1-25(2,3)32-24(30)27-13-10-20(11-14-27)28-12-6-8-21(28)23(29)26-16-18-15-19-7-4-5-9-22(19)31-17-18/h4-9,12,18,20H,10-11,13-17H2,1-3H3,(H,26,29). The molecule has 0 saturated carbocycles. The molecular formula is C25H33N3O4. The molecule has 4 rings (SSSR count). The molecule has 7 nitrogen and oxygen atoms in total. The van der Waals surface area contributed by atoms with Crippen molar-refractivity contribution in [3.8, 4) is 5.75 Å². The summed E-state index contributed by atoms with van der Waals surface area (Å²) in [6, 6.07) is 12.0. The molecule has 0 aliphatic carbocycles. The Hall–Kier alpha value is -2.96. The zero-order chi connectivity index (χ0) is 22.7. The van der Waals surface area contributed by atoms with Gasteiger partial charge >= 0.3 is 6.09 Å². The number of amides is 2. The van der Waals surface area contributed by atoms with Crippen LogP contribution < -0.4 is 10.1 Å². The Morgan fingerprint density at radius 2 is 1.88 bits per heavy atom. The van der Waals surface area contributed by atoms with Crippen molar-refractivity contribution in [2.45, 2.75) is 51.7 Å². The molecule has 1 atom stereocenters. The minimum Gasteiger partial charge on any atom is -0.493 e. The summed E-state index contributed by atoms with van der Waals surface area (Å²) < 4.78 is 13.4. The molecule has 2 aromatic rings. The number of piperidine rings is 1. The lowest BCUT2D eigenvalue weighted by atomic mass is 9.97. The second-order valence-corrected chi connectivity index (χ2v) is 9.70. The normalized spacial score (nSPS) is 19.1. The number of rotatable bonds is 4. The van der Waals surface area contributed by atoms with E-state index in [1.807, 2.05) is 57.3 Å². The van der Waals surface area contributed by atoms with Gasteiger partial charge in [-0.3, -0.25) is 4.79 Å². The van der Waals surface area contributed by atoms with E-state index < -0.39 is 5.60 Å². The number of benzene rings is 1. The van der Waals surface area contributed by atoms with E-state index in [0.29, 0.717) is 31.9 Å². The van der Waals surface area contributed by atoms with E-state index in [4.69, 9.17) is 9.47 Å². The molecule has 0 spiro atoms. The van der Waals surface area contributed by atoms with Crippen LogP contribution in [-0.4, -0.2) is 53.3 Å². The Morgan fingerprint density at radius 1 is 1.12 bits per heavy atom. The van der Waals surface area contributed by atoms with Crippen LogP contribution in [0.3, 0.4) is 0 Å². The minimum atomic E-state index is -0.495. The number of carbonyl (C=O) groups excluding carboxylic acids is 2. The van der Waals surface area contributed by atoms with Gasteiger partial charge in [-0.25, -0.2) is 4.79 Å². The lowest BCUT2D eigenvalue weighted by Crippen LogP contribution is -2.42. The van der Waals surface area contributed by atoms with Crippen molar-refractivity contribution in [1.29, 1.82) is 0 Å². The first-order valence-electron chi connectivity index (χ1n) is 11.4. The van der Waals surface area contributed by atoms with Crippen molar-refractivity contribution in [3.05, 3.63) is 53.9 Å². The molecule has 2 amide bonds. The zero-order valence-electron chi connectivity index (χ0n) is 19.2. The molecule has 2 aliphatic rings. The average Bonchev–Trinajstić information content (AvgIpc) is 3.26. The number of nitrogens with zero attached hydrogens (tertiary/aromatic N) is 2. The lowest BCUT2D eigenvalue weighted by Gasteiger charge is -2.34. The number of nitrogens with one attached hydrogen (secondary N) is 1. The van der Waals surface area contributed by atoms with Crippen LogP contribution in [0, 0.1) is 5.92 Å². The van der Waals surface area contributed by atoms with E-state index in [2.05, 4.69) is 16.0 Å². The predicted molar refractivity (Wildman–Crippen MR) is 122 cm³/mol. The van der Waals surface area contributed by atoms with Crippen LogP contribution in [-0.2, 0) is 11.2 Å². The smallest absolute Gasteiger partial charge is 0.410 e. The maximum absolute atomic E-state index is 12.9. The van der Waals surface area contributed by atoms with E-state index >= 15 is 0 Å². The van der Waals surface area contributed by atoms with Crippen molar-refractivity contribution >= 4 is 12.0 Å². The molecule has 1 unspecified atom stereocenters. The number of likely N-dealkylation sites (tertiary alicyclic amines) is 1. The summed E-state index contributed by atoms with van der Waals surface area (Å²) in [5.74, 6) is 1.14. The van der Waals surface area contributed by atoms with Gasteiger partial charge < -0.3 is 24.3 Å². The Bertz CT molecular complexity index is 954. The van der Waals surface area contributed by atoms with Gasteiger partial charge in [0, 0.05) is 37.8 Å². The van der Waals surface area contributed by atoms with Crippen LogP contribution in [0.25, 0.3) is 0 Å². The monoisotopic (exact) mass is 439 g/mol. The molecule has 0 bridgehead atoms. The number of aromatic nitrogens is 1. The Labute approximate surface area is 189 Å². The molecule has 3 heterocycles. The van der Waals surface area contributed by atoms with Gasteiger partial charge in [0.1, 0.15) is 17.0 Å². The fraction of sp³-hybridized carbons (Fsp3) is 0.520. The molecule has 1 aromatic carbocycles. The molecule has 32 heavy (non-hydrogen) atoms. The fourth-order valence-corrected chi connectivity index (χ4v) is 4.41. The molecule has 0 radical (unpaired) electrons. The van der Waals surface area contributed by atoms with Crippen molar-refractivity contribution < 1.29 is 19.1 Å². The first kappa shape index (κ1) is 22.2. The molecule has 1 aromatic heterocycles. The highest BCUT2D eigenvalue weighted by atomic mass is 16.6. The van der Waals surface area contributed by atoms with Gasteiger partial charge in [0.05, 0.1) is 6.61 Å².